The molecule has 1 unspecified atom stereocenters. The highest BCUT2D eigenvalue weighted by molar-refractivity contribution is 5.80. The molecule has 0 aromatic heterocycles. The Bertz CT molecular complexity index is 239. The first-order valence-corrected chi connectivity index (χ1v) is 5.32. The first-order chi connectivity index (χ1) is 7.09. The van der Waals surface area contributed by atoms with Crippen LogP contribution in [-0.4, -0.2) is 36.1 Å². The Morgan fingerprint density at radius 2 is 2.20 bits per heavy atom. The van der Waals surface area contributed by atoms with Crippen molar-refractivity contribution in [3.63, 3.8) is 0 Å². The van der Waals surface area contributed by atoms with Gasteiger partial charge in [0.25, 0.3) is 0 Å². The highest BCUT2D eigenvalue weighted by Crippen LogP contribution is 2.05. The number of carboxylic acid groups (broad SMARTS) is 1. The maximum Gasteiger partial charge on any atom is 0.303 e. The lowest BCUT2D eigenvalue weighted by molar-refractivity contribution is -0.137. The third-order valence-corrected chi connectivity index (χ3v) is 2.57. The fraction of sp³-hybridized carbons (Fsp3) is 0.800. The van der Waals surface area contributed by atoms with Gasteiger partial charge in [-0.15, -0.1) is 0 Å². The predicted molar refractivity (Wildman–Crippen MR) is 55.5 cm³/mol. The number of hydrogen-bond acceptors (Lipinski definition) is 3. The first kappa shape index (κ1) is 12.0. The average molecular weight is 214 g/mol. The zero-order valence-corrected chi connectivity index (χ0v) is 8.95. The van der Waals surface area contributed by atoms with Gasteiger partial charge in [0, 0.05) is 25.6 Å². The van der Waals surface area contributed by atoms with Crippen LogP contribution < -0.4 is 10.6 Å². The minimum Gasteiger partial charge on any atom is -0.481 e. The maximum atomic E-state index is 11.5. The van der Waals surface area contributed by atoms with Gasteiger partial charge in [-0.25, -0.2) is 0 Å². The summed E-state index contributed by atoms with van der Waals surface area (Å²) in [5.74, 6) is -0.597. The quantitative estimate of drug-likeness (QED) is 0.580. The molecular weight excluding hydrogens is 196 g/mol. The van der Waals surface area contributed by atoms with E-state index < -0.39 is 5.97 Å². The molecule has 0 spiro atoms. The largest absolute Gasteiger partial charge is 0.481 e. The molecule has 1 atom stereocenters. The van der Waals surface area contributed by atoms with E-state index in [0.29, 0.717) is 6.42 Å². The SMILES string of the molecule is CC(CCCC(=O)O)NC(=O)C1CNC1. The molecular formula is C10H18N2O3. The smallest absolute Gasteiger partial charge is 0.303 e. The van der Waals surface area contributed by atoms with E-state index in [2.05, 4.69) is 10.6 Å². The zero-order chi connectivity index (χ0) is 11.3. The van der Waals surface area contributed by atoms with Gasteiger partial charge in [0.15, 0.2) is 0 Å². The monoisotopic (exact) mass is 214 g/mol. The second-order valence-corrected chi connectivity index (χ2v) is 4.05. The molecule has 0 radical (unpaired) electrons. The topological polar surface area (TPSA) is 78.4 Å². The Morgan fingerprint density at radius 1 is 1.53 bits per heavy atom. The number of carbonyl (C=O) groups is 2. The molecule has 1 aliphatic rings. The molecule has 1 fully saturated rings. The molecule has 1 amide bonds. The van der Waals surface area contributed by atoms with Gasteiger partial charge in [0.1, 0.15) is 0 Å². The molecule has 0 aliphatic carbocycles. The predicted octanol–water partition coefficient (Wildman–Crippen LogP) is -0.0346. The summed E-state index contributed by atoms with van der Waals surface area (Å²) in [6.45, 7) is 3.42. The van der Waals surface area contributed by atoms with E-state index in [9.17, 15) is 9.59 Å². The van der Waals surface area contributed by atoms with E-state index in [1.165, 1.54) is 0 Å². The van der Waals surface area contributed by atoms with Crippen LogP contribution in [0.15, 0.2) is 0 Å². The molecule has 0 bridgehead atoms. The Hall–Kier alpha value is -1.10. The number of carbonyl (C=O) groups excluding carboxylic acids is 1. The summed E-state index contributed by atoms with van der Waals surface area (Å²) >= 11 is 0. The van der Waals surface area contributed by atoms with Gasteiger partial charge in [-0.2, -0.15) is 0 Å². The minimum absolute atomic E-state index is 0.0671. The van der Waals surface area contributed by atoms with Gasteiger partial charge in [0.05, 0.1) is 5.92 Å². The minimum atomic E-state index is -0.781. The Balaban J connectivity index is 2.09. The van der Waals surface area contributed by atoms with Crippen molar-refractivity contribution in [2.45, 2.75) is 32.2 Å². The van der Waals surface area contributed by atoms with Gasteiger partial charge in [-0.05, 0) is 19.8 Å². The summed E-state index contributed by atoms with van der Waals surface area (Å²) in [6, 6.07) is 0.0671. The van der Waals surface area contributed by atoms with Crippen molar-refractivity contribution in [3.8, 4) is 0 Å². The third kappa shape index (κ3) is 4.29. The number of rotatable bonds is 6. The molecule has 3 N–H and O–H groups in total. The second kappa shape index (κ2) is 5.70. The number of hydrogen-bond donors (Lipinski definition) is 3. The fourth-order valence-electron chi connectivity index (χ4n) is 1.47. The molecule has 1 rings (SSSR count). The Labute approximate surface area is 89.2 Å². The second-order valence-electron chi connectivity index (χ2n) is 4.05. The summed E-state index contributed by atoms with van der Waals surface area (Å²) in [4.78, 5) is 21.7. The van der Waals surface area contributed by atoms with Crippen LogP contribution in [0.1, 0.15) is 26.2 Å². The number of carboxylic acids is 1. The molecule has 1 aliphatic heterocycles. The summed E-state index contributed by atoms with van der Waals surface area (Å²) in [5.41, 5.74) is 0. The maximum absolute atomic E-state index is 11.5. The van der Waals surface area contributed by atoms with E-state index >= 15 is 0 Å². The lowest BCUT2D eigenvalue weighted by Gasteiger charge is -2.27. The highest BCUT2D eigenvalue weighted by Gasteiger charge is 2.25. The summed E-state index contributed by atoms with van der Waals surface area (Å²) in [5, 5.41) is 14.4. The normalized spacial score (nSPS) is 17.9. The molecule has 15 heavy (non-hydrogen) atoms. The third-order valence-electron chi connectivity index (χ3n) is 2.57. The Kier molecular flexibility index (Phi) is 4.55. The van der Waals surface area contributed by atoms with Crippen LogP contribution in [0, 0.1) is 5.92 Å². The average Bonchev–Trinajstić information content (AvgIpc) is 1.98. The summed E-state index contributed by atoms with van der Waals surface area (Å²) in [7, 11) is 0. The van der Waals surface area contributed by atoms with Crippen LogP contribution in [0.2, 0.25) is 0 Å². The lowest BCUT2D eigenvalue weighted by atomic mass is 10.0. The molecule has 0 saturated carbocycles. The molecule has 0 aromatic rings. The van der Waals surface area contributed by atoms with Crippen molar-refractivity contribution >= 4 is 11.9 Å². The molecule has 0 aromatic carbocycles. The van der Waals surface area contributed by atoms with Crippen LogP contribution in [0.4, 0.5) is 0 Å². The lowest BCUT2D eigenvalue weighted by Crippen LogP contribution is -2.52. The van der Waals surface area contributed by atoms with Crippen molar-refractivity contribution in [1.82, 2.24) is 10.6 Å². The fourth-order valence-corrected chi connectivity index (χ4v) is 1.47. The van der Waals surface area contributed by atoms with Crippen LogP contribution in [0.3, 0.4) is 0 Å². The van der Waals surface area contributed by atoms with Gasteiger partial charge >= 0.3 is 5.97 Å². The van der Waals surface area contributed by atoms with E-state index in [1.807, 2.05) is 6.92 Å². The Morgan fingerprint density at radius 3 is 2.67 bits per heavy atom. The highest BCUT2D eigenvalue weighted by atomic mass is 16.4. The van der Waals surface area contributed by atoms with E-state index in [0.717, 1.165) is 19.5 Å². The van der Waals surface area contributed by atoms with Crippen LogP contribution in [0.5, 0.6) is 0 Å². The van der Waals surface area contributed by atoms with Crippen molar-refractivity contribution in [1.29, 1.82) is 0 Å². The summed E-state index contributed by atoms with van der Waals surface area (Å²) in [6.07, 6.45) is 1.50. The molecule has 1 heterocycles. The standard InChI is InChI=1S/C10H18N2O3/c1-7(3-2-4-9(13)14)12-10(15)8-5-11-6-8/h7-8,11H,2-6H2,1H3,(H,12,15)(H,13,14). The number of aliphatic carboxylic acids is 1. The van der Waals surface area contributed by atoms with Crippen molar-refractivity contribution in [2.24, 2.45) is 5.92 Å². The molecule has 5 nitrogen and oxygen atoms in total. The summed E-state index contributed by atoms with van der Waals surface area (Å²) < 4.78 is 0. The van der Waals surface area contributed by atoms with Gasteiger partial charge in [-0.3, -0.25) is 9.59 Å². The van der Waals surface area contributed by atoms with Crippen molar-refractivity contribution in [2.75, 3.05) is 13.1 Å². The van der Waals surface area contributed by atoms with Crippen molar-refractivity contribution in [3.05, 3.63) is 0 Å². The van der Waals surface area contributed by atoms with Crippen LogP contribution in [0.25, 0.3) is 0 Å². The van der Waals surface area contributed by atoms with Gasteiger partial charge in [0.2, 0.25) is 5.91 Å². The van der Waals surface area contributed by atoms with Gasteiger partial charge < -0.3 is 15.7 Å². The zero-order valence-electron chi connectivity index (χ0n) is 8.95. The van der Waals surface area contributed by atoms with E-state index in [-0.39, 0.29) is 24.3 Å². The number of nitrogens with one attached hydrogen (secondary N) is 2. The van der Waals surface area contributed by atoms with E-state index in [1.54, 1.807) is 0 Å². The molecule has 86 valence electrons. The van der Waals surface area contributed by atoms with Crippen LogP contribution >= 0.6 is 0 Å². The van der Waals surface area contributed by atoms with Gasteiger partial charge in [-0.1, -0.05) is 0 Å². The van der Waals surface area contributed by atoms with Crippen molar-refractivity contribution < 1.29 is 14.7 Å². The molecule has 5 heteroatoms. The van der Waals surface area contributed by atoms with Crippen LogP contribution in [-0.2, 0) is 9.59 Å². The first-order valence-electron chi connectivity index (χ1n) is 5.32. The number of amides is 1. The van der Waals surface area contributed by atoms with E-state index in [4.69, 9.17) is 5.11 Å². The molecule has 1 saturated heterocycles.